The van der Waals surface area contributed by atoms with E-state index in [1.54, 1.807) is 55.6 Å². The summed E-state index contributed by atoms with van der Waals surface area (Å²) in [5.41, 5.74) is 1.69. The molecular formula is C17H15NO4. The molecule has 0 saturated heterocycles. The van der Waals surface area contributed by atoms with E-state index in [-0.39, 0.29) is 5.91 Å². The van der Waals surface area contributed by atoms with Crippen LogP contribution in [0.15, 0.2) is 48.5 Å². The Morgan fingerprint density at radius 3 is 2.45 bits per heavy atom. The fourth-order valence-corrected chi connectivity index (χ4v) is 2.82. The van der Waals surface area contributed by atoms with Gasteiger partial charge in [-0.25, -0.2) is 0 Å². The minimum absolute atomic E-state index is 0.256. The number of aliphatic carboxylic acids is 1. The molecule has 3 rings (SSSR count). The Kier molecular flexibility index (Phi) is 3.55. The van der Waals surface area contributed by atoms with Crippen LogP contribution in [-0.4, -0.2) is 24.1 Å². The van der Waals surface area contributed by atoms with Gasteiger partial charge in [0.1, 0.15) is 11.7 Å². The van der Waals surface area contributed by atoms with Crippen molar-refractivity contribution in [2.75, 3.05) is 7.11 Å². The molecule has 0 aliphatic carbocycles. The van der Waals surface area contributed by atoms with Gasteiger partial charge in [-0.1, -0.05) is 30.3 Å². The lowest BCUT2D eigenvalue weighted by molar-refractivity contribution is -0.139. The molecule has 5 heteroatoms. The van der Waals surface area contributed by atoms with E-state index >= 15 is 0 Å². The summed E-state index contributed by atoms with van der Waals surface area (Å²) < 4.78 is 5.10. The minimum Gasteiger partial charge on any atom is -0.497 e. The van der Waals surface area contributed by atoms with Gasteiger partial charge < -0.3 is 15.2 Å². The largest absolute Gasteiger partial charge is 0.497 e. The molecule has 2 aromatic carbocycles. The number of hydrogen-bond acceptors (Lipinski definition) is 3. The van der Waals surface area contributed by atoms with Gasteiger partial charge in [-0.05, 0) is 29.3 Å². The van der Waals surface area contributed by atoms with Gasteiger partial charge in [-0.15, -0.1) is 0 Å². The number of carboxylic acids is 1. The average molecular weight is 297 g/mol. The number of benzene rings is 2. The SMILES string of the molecule is COc1ccc([C@@H]2NC(=O)c3ccccc3[C@H]2C(=O)O)cc1. The highest BCUT2D eigenvalue weighted by atomic mass is 16.5. The third-order valence-corrected chi connectivity index (χ3v) is 3.90. The third-order valence-electron chi connectivity index (χ3n) is 3.90. The number of carbonyl (C=O) groups excluding carboxylic acids is 1. The second-order valence-corrected chi connectivity index (χ2v) is 5.13. The summed E-state index contributed by atoms with van der Waals surface area (Å²) in [6, 6.07) is 13.3. The summed E-state index contributed by atoms with van der Waals surface area (Å²) in [7, 11) is 1.56. The van der Waals surface area contributed by atoms with Crippen LogP contribution in [-0.2, 0) is 4.79 Å². The van der Waals surface area contributed by atoms with Crippen LogP contribution in [0.3, 0.4) is 0 Å². The van der Waals surface area contributed by atoms with Gasteiger partial charge in [0, 0.05) is 5.56 Å². The molecule has 0 aromatic heterocycles. The van der Waals surface area contributed by atoms with Crippen molar-refractivity contribution >= 4 is 11.9 Å². The van der Waals surface area contributed by atoms with Crippen molar-refractivity contribution in [1.82, 2.24) is 5.32 Å². The zero-order valence-corrected chi connectivity index (χ0v) is 11.9. The van der Waals surface area contributed by atoms with E-state index in [0.717, 1.165) is 5.56 Å². The lowest BCUT2D eigenvalue weighted by atomic mass is 9.81. The Balaban J connectivity index is 2.07. The number of rotatable bonds is 3. The molecule has 2 atom stereocenters. The quantitative estimate of drug-likeness (QED) is 0.912. The summed E-state index contributed by atoms with van der Waals surface area (Å²) in [6.07, 6.45) is 0. The second kappa shape index (κ2) is 5.52. The molecule has 0 spiro atoms. The van der Waals surface area contributed by atoms with Crippen LogP contribution in [0.2, 0.25) is 0 Å². The van der Waals surface area contributed by atoms with Gasteiger partial charge in [-0.2, -0.15) is 0 Å². The number of fused-ring (bicyclic) bond motifs is 1. The topological polar surface area (TPSA) is 75.6 Å². The van der Waals surface area contributed by atoms with E-state index in [2.05, 4.69) is 5.32 Å². The molecule has 112 valence electrons. The normalized spacial score (nSPS) is 20.0. The summed E-state index contributed by atoms with van der Waals surface area (Å²) in [5.74, 6) is -1.36. The highest BCUT2D eigenvalue weighted by Gasteiger charge is 2.38. The first kappa shape index (κ1) is 14.1. The highest BCUT2D eigenvalue weighted by Crippen LogP contribution is 2.37. The van der Waals surface area contributed by atoms with E-state index in [0.29, 0.717) is 16.9 Å². The average Bonchev–Trinajstić information content (AvgIpc) is 2.54. The van der Waals surface area contributed by atoms with Crippen molar-refractivity contribution in [1.29, 1.82) is 0 Å². The van der Waals surface area contributed by atoms with Gasteiger partial charge in [0.05, 0.1) is 13.2 Å². The van der Waals surface area contributed by atoms with Gasteiger partial charge in [0.25, 0.3) is 5.91 Å². The molecule has 0 radical (unpaired) electrons. The van der Waals surface area contributed by atoms with Crippen molar-refractivity contribution in [3.63, 3.8) is 0 Å². The van der Waals surface area contributed by atoms with Crippen LogP contribution in [0.1, 0.15) is 33.4 Å². The molecule has 1 aliphatic heterocycles. The first-order valence-corrected chi connectivity index (χ1v) is 6.88. The smallest absolute Gasteiger partial charge is 0.313 e. The zero-order valence-electron chi connectivity index (χ0n) is 11.9. The third kappa shape index (κ3) is 2.30. The first-order valence-electron chi connectivity index (χ1n) is 6.88. The van der Waals surface area contributed by atoms with E-state index in [4.69, 9.17) is 4.74 Å². The second-order valence-electron chi connectivity index (χ2n) is 5.13. The number of ether oxygens (including phenoxy) is 1. The monoisotopic (exact) mass is 297 g/mol. The van der Waals surface area contributed by atoms with Crippen molar-refractivity contribution in [3.05, 3.63) is 65.2 Å². The molecule has 5 nitrogen and oxygen atoms in total. The number of methoxy groups -OCH3 is 1. The summed E-state index contributed by atoms with van der Waals surface area (Å²) in [5, 5.41) is 12.4. The van der Waals surface area contributed by atoms with Gasteiger partial charge in [0.15, 0.2) is 0 Å². The summed E-state index contributed by atoms with van der Waals surface area (Å²) >= 11 is 0. The van der Waals surface area contributed by atoms with Crippen molar-refractivity contribution in [2.24, 2.45) is 0 Å². The number of nitrogens with one attached hydrogen (secondary N) is 1. The Hall–Kier alpha value is -2.82. The van der Waals surface area contributed by atoms with Crippen LogP contribution in [0.25, 0.3) is 0 Å². The van der Waals surface area contributed by atoms with Crippen LogP contribution in [0.5, 0.6) is 5.75 Å². The van der Waals surface area contributed by atoms with Gasteiger partial charge in [-0.3, -0.25) is 9.59 Å². The van der Waals surface area contributed by atoms with Crippen LogP contribution >= 0.6 is 0 Å². The van der Waals surface area contributed by atoms with Gasteiger partial charge in [0.2, 0.25) is 0 Å². The van der Waals surface area contributed by atoms with Crippen LogP contribution in [0, 0.1) is 0 Å². The lowest BCUT2D eigenvalue weighted by Gasteiger charge is -2.31. The Morgan fingerprint density at radius 2 is 1.82 bits per heavy atom. The first-order chi connectivity index (χ1) is 10.6. The van der Waals surface area contributed by atoms with E-state index in [1.165, 1.54) is 0 Å². The maximum absolute atomic E-state index is 12.2. The number of carboxylic acid groups (broad SMARTS) is 1. The number of carbonyl (C=O) groups is 2. The molecule has 22 heavy (non-hydrogen) atoms. The van der Waals surface area contributed by atoms with Crippen LogP contribution < -0.4 is 10.1 Å². The standard InChI is InChI=1S/C17H15NO4/c1-22-11-8-6-10(7-9-11)15-14(17(20)21)12-4-2-3-5-13(12)16(19)18-15/h2-9,14-15H,1H3,(H,18,19)(H,20,21)/t14-,15+/m1/s1. The molecule has 0 bridgehead atoms. The molecule has 0 unspecified atom stereocenters. The molecule has 1 aliphatic rings. The molecular weight excluding hydrogens is 282 g/mol. The predicted octanol–water partition coefficient (Wildman–Crippen LogP) is 2.35. The molecule has 1 amide bonds. The molecule has 0 saturated carbocycles. The van der Waals surface area contributed by atoms with Crippen LogP contribution in [0.4, 0.5) is 0 Å². The van der Waals surface area contributed by atoms with Crippen molar-refractivity contribution in [2.45, 2.75) is 12.0 Å². The highest BCUT2D eigenvalue weighted by molar-refractivity contribution is 6.00. The van der Waals surface area contributed by atoms with Crippen molar-refractivity contribution in [3.8, 4) is 5.75 Å². The van der Waals surface area contributed by atoms with E-state index in [1.807, 2.05) is 0 Å². The fourth-order valence-electron chi connectivity index (χ4n) is 2.82. The number of amides is 1. The Labute approximate surface area is 127 Å². The summed E-state index contributed by atoms with van der Waals surface area (Å²) in [4.78, 5) is 24.0. The maximum Gasteiger partial charge on any atom is 0.313 e. The predicted molar refractivity (Wildman–Crippen MR) is 80.0 cm³/mol. The van der Waals surface area contributed by atoms with Crippen molar-refractivity contribution < 1.29 is 19.4 Å². The van der Waals surface area contributed by atoms with E-state index in [9.17, 15) is 14.7 Å². The zero-order chi connectivity index (χ0) is 15.7. The molecule has 1 heterocycles. The fraction of sp³-hybridized carbons (Fsp3) is 0.176. The maximum atomic E-state index is 12.2. The number of hydrogen-bond donors (Lipinski definition) is 2. The minimum atomic E-state index is -0.965. The van der Waals surface area contributed by atoms with Gasteiger partial charge >= 0.3 is 5.97 Å². The molecule has 2 N–H and O–H groups in total. The summed E-state index contributed by atoms with van der Waals surface area (Å²) in [6.45, 7) is 0. The Bertz CT molecular complexity index is 724. The lowest BCUT2D eigenvalue weighted by Crippen LogP contribution is -2.41. The van der Waals surface area contributed by atoms with E-state index < -0.39 is 17.9 Å². The molecule has 0 fully saturated rings. The molecule has 2 aromatic rings. The Morgan fingerprint density at radius 1 is 1.14 bits per heavy atom.